The number of carbonyl (C=O) groups is 2. The molecule has 7 nitrogen and oxygen atoms in total. The van der Waals surface area contributed by atoms with Crippen LogP contribution in [0.2, 0.25) is 0 Å². The highest BCUT2D eigenvalue weighted by Gasteiger charge is 2.40. The number of methoxy groups -OCH3 is 1. The molecule has 3 amide bonds. The summed E-state index contributed by atoms with van der Waals surface area (Å²) in [5.41, 5.74) is 0.964. The Bertz CT molecular complexity index is 637. The van der Waals surface area contributed by atoms with E-state index in [9.17, 15) is 9.59 Å². The monoisotopic (exact) mass is 360 g/mol. The molecular weight excluding hydrogens is 332 g/mol. The molecule has 7 heteroatoms. The molecule has 3 rings (SSSR count). The van der Waals surface area contributed by atoms with Crippen molar-refractivity contribution in [1.29, 1.82) is 0 Å². The summed E-state index contributed by atoms with van der Waals surface area (Å²) < 4.78 is 5.57. The maximum absolute atomic E-state index is 12.7. The number of carbonyl (C=O) groups excluding carboxylic acids is 2. The molecule has 1 aromatic rings. The molecule has 1 saturated carbocycles. The van der Waals surface area contributed by atoms with Crippen LogP contribution >= 0.6 is 0 Å². The third kappa shape index (κ3) is 4.53. The summed E-state index contributed by atoms with van der Waals surface area (Å²) in [5.74, 6) is -0.0694. The van der Waals surface area contributed by atoms with E-state index in [2.05, 4.69) is 21.3 Å². The highest BCUT2D eigenvalue weighted by molar-refractivity contribution is 5.89. The van der Waals surface area contributed by atoms with E-state index in [4.69, 9.17) is 4.74 Å². The largest absolute Gasteiger partial charge is 0.368 e. The smallest absolute Gasteiger partial charge is 0.319 e. The van der Waals surface area contributed by atoms with Gasteiger partial charge in [-0.3, -0.25) is 4.79 Å². The number of ether oxygens (including phenoxy) is 1. The summed E-state index contributed by atoms with van der Waals surface area (Å²) in [7, 11) is 1.60. The number of hydrogen-bond donors (Lipinski definition) is 4. The molecule has 1 saturated heterocycles. The second-order valence-electron chi connectivity index (χ2n) is 7.14. The Kier molecular flexibility index (Phi) is 5.78. The van der Waals surface area contributed by atoms with Crippen molar-refractivity contribution >= 4 is 17.6 Å². The Hall–Kier alpha value is -2.12. The molecule has 1 unspecified atom stereocenters. The number of amides is 3. The van der Waals surface area contributed by atoms with Crippen LogP contribution in [0.25, 0.3) is 0 Å². The van der Waals surface area contributed by atoms with Gasteiger partial charge in [0, 0.05) is 18.8 Å². The van der Waals surface area contributed by atoms with Gasteiger partial charge in [-0.1, -0.05) is 12.1 Å². The molecular formula is C19H28N4O3. The second-order valence-corrected chi connectivity index (χ2v) is 7.14. The van der Waals surface area contributed by atoms with Crippen molar-refractivity contribution in [3.8, 4) is 0 Å². The Labute approximate surface area is 154 Å². The number of piperidine rings is 1. The summed E-state index contributed by atoms with van der Waals surface area (Å²) in [6, 6.07) is 7.54. The van der Waals surface area contributed by atoms with E-state index in [-0.39, 0.29) is 18.0 Å². The first-order valence-electron chi connectivity index (χ1n) is 9.27. The quantitative estimate of drug-likeness (QED) is 0.624. The van der Waals surface area contributed by atoms with Gasteiger partial charge < -0.3 is 26.0 Å². The van der Waals surface area contributed by atoms with Crippen molar-refractivity contribution in [2.24, 2.45) is 0 Å². The molecule has 1 aliphatic heterocycles. The number of anilines is 1. The Morgan fingerprint density at radius 2 is 1.85 bits per heavy atom. The van der Waals surface area contributed by atoms with Crippen LogP contribution in [-0.4, -0.2) is 43.8 Å². The van der Waals surface area contributed by atoms with Crippen LogP contribution in [0.4, 0.5) is 10.5 Å². The highest BCUT2D eigenvalue weighted by Crippen LogP contribution is 2.25. The van der Waals surface area contributed by atoms with E-state index in [1.165, 1.54) is 0 Å². The summed E-state index contributed by atoms with van der Waals surface area (Å²) in [5, 5.41) is 12.0. The topological polar surface area (TPSA) is 91.5 Å². The third-order valence-electron chi connectivity index (χ3n) is 5.14. The van der Waals surface area contributed by atoms with Gasteiger partial charge in [0.2, 0.25) is 0 Å². The van der Waals surface area contributed by atoms with Crippen LogP contribution < -0.4 is 21.3 Å². The van der Waals surface area contributed by atoms with Gasteiger partial charge in [-0.25, -0.2) is 4.79 Å². The first-order chi connectivity index (χ1) is 12.5. The zero-order valence-electron chi connectivity index (χ0n) is 15.4. The summed E-state index contributed by atoms with van der Waals surface area (Å²) >= 11 is 0. The van der Waals surface area contributed by atoms with Crippen molar-refractivity contribution in [1.82, 2.24) is 16.0 Å². The second kappa shape index (κ2) is 8.05. The average Bonchev–Trinajstić information content (AvgIpc) is 3.46. The lowest BCUT2D eigenvalue weighted by atomic mass is 9.90. The third-order valence-corrected chi connectivity index (χ3v) is 5.14. The van der Waals surface area contributed by atoms with Gasteiger partial charge in [0.1, 0.15) is 5.60 Å². The van der Waals surface area contributed by atoms with E-state index in [1.54, 1.807) is 7.11 Å². The fourth-order valence-electron chi connectivity index (χ4n) is 3.20. The SMILES string of the molecule is COC1(C(=O)NC(C)c2ccc(NC(=O)NC3CC3)cc2)CCNCC1. The lowest BCUT2D eigenvalue weighted by Crippen LogP contribution is -2.54. The maximum atomic E-state index is 12.7. The lowest BCUT2D eigenvalue weighted by molar-refractivity contribution is -0.147. The predicted molar refractivity (Wildman–Crippen MR) is 100 cm³/mol. The summed E-state index contributed by atoms with van der Waals surface area (Å²) in [6.45, 7) is 3.50. The van der Waals surface area contributed by atoms with E-state index in [0.29, 0.717) is 18.9 Å². The number of urea groups is 1. The summed E-state index contributed by atoms with van der Waals surface area (Å²) in [4.78, 5) is 24.5. The minimum atomic E-state index is -0.748. The van der Waals surface area contributed by atoms with E-state index >= 15 is 0 Å². The summed E-state index contributed by atoms with van der Waals surface area (Å²) in [6.07, 6.45) is 3.45. The minimum absolute atomic E-state index is 0.0694. The molecule has 4 N–H and O–H groups in total. The number of benzene rings is 1. The predicted octanol–water partition coefficient (Wildman–Crippen LogP) is 1.92. The molecule has 2 fully saturated rings. The zero-order chi connectivity index (χ0) is 18.6. The van der Waals surface area contributed by atoms with E-state index < -0.39 is 5.60 Å². The van der Waals surface area contributed by atoms with Crippen molar-refractivity contribution < 1.29 is 14.3 Å². The molecule has 1 aromatic carbocycles. The standard InChI is InChI=1S/C19H28N4O3/c1-13(21-17(24)19(26-2)9-11-20-12-10-19)14-3-5-15(6-4-14)22-18(25)23-16-7-8-16/h3-6,13,16,20H,7-12H2,1-2H3,(H,21,24)(H2,22,23,25). The molecule has 1 atom stereocenters. The molecule has 1 heterocycles. The Balaban J connectivity index is 1.56. The molecule has 26 heavy (non-hydrogen) atoms. The fourth-order valence-corrected chi connectivity index (χ4v) is 3.20. The minimum Gasteiger partial charge on any atom is -0.368 e. The van der Waals surface area contributed by atoms with Crippen molar-refractivity contribution in [3.05, 3.63) is 29.8 Å². The zero-order valence-corrected chi connectivity index (χ0v) is 15.4. The van der Waals surface area contributed by atoms with Gasteiger partial charge in [0.05, 0.1) is 6.04 Å². The van der Waals surface area contributed by atoms with Crippen LogP contribution in [0.3, 0.4) is 0 Å². The Morgan fingerprint density at radius 3 is 2.42 bits per heavy atom. The highest BCUT2D eigenvalue weighted by atomic mass is 16.5. The molecule has 142 valence electrons. The van der Waals surface area contributed by atoms with Crippen LogP contribution in [0.15, 0.2) is 24.3 Å². The molecule has 1 aliphatic carbocycles. The van der Waals surface area contributed by atoms with Crippen LogP contribution in [0.5, 0.6) is 0 Å². The van der Waals surface area contributed by atoms with Crippen molar-refractivity contribution in [2.75, 3.05) is 25.5 Å². The fraction of sp³-hybridized carbons (Fsp3) is 0.579. The van der Waals surface area contributed by atoms with Crippen LogP contribution in [0, 0.1) is 0 Å². The first-order valence-corrected chi connectivity index (χ1v) is 9.27. The maximum Gasteiger partial charge on any atom is 0.319 e. The van der Waals surface area contributed by atoms with E-state index in [0.717, 1.165) is 37.2 Å². The normalized spacial score (nSPS) is 20.1. The first kappa shape index (κ1) is 18.7. The molecule has 0 spiro atoms. The van der Waals surface area contributed by atoms with Gasteiger partial charge in [0.25, 0.3) is 5.91 Å². The average molecular weight is 360 g/mol. The molecule has 0 bridgehead atoms. The van der Waals surface area contributed by atoms with Gasteiger partial charge in [-0.2, -0.15) is 0 Å². The van der Waals surface area contributed by atoms with Crippen molar-refractivity contribution in [2.45, 2.75) is 50.3 Å². The van der Waals surface area contributed by atoms with Crippen molar-refractivity contribution in [3.63, 3.8) is 0 Å². The molecule has 0 aromatic heterocycles. The number of hydrogen-bond acceptors (Lipinski definition) is 4. The number of rotatable bonds is 6. The van der Waals surface area contributed by atoms with Gasteiger partial charge in [-0.05, 0) is 63.4 Å². The van der Waals surface area contributed by atoms with Crippen LogP contribution in [-0.2, 0) is 9.53 Å². The van der Waals surface area contributed by atoms with E-state index in [1.807, 2.05) is 31.2 Å². The lowest BCUT2D eigenvalue weighted by Gasteiger charge is -2.35. The van der Waals surface area contributed by atoms with Gasteiger partial charge in [-0.15, -0.1) is 0 Å². The molecule has 0 radical (unpaired) electrons. The van der Waals surface area contributed by atoms with Gasteiger partial charge >= 0.3 is 6.03 Å². The number of nitrogens with one attached hydrogen (secondary N) is 4. The van der Waals surface area contributed by atoms with Crippen LogP contribution in [0.1, 0.15) is 44.2 Å². The Morgan fingerprint density at radius 1 is 1.19 bits per heavy atom. The van der Waals surface area contributed by atoms with Gasteiger partial charge in [0.15, 0.2) is 0 Å². The molecule has 2 aliphatic rings.